The van der Waals surface area contributed by atoms with E-state index in [2.05, 4.69) is 0 Å². The number of hydrogen-bond donors (Lipinski definition) is 0. The molecule has 0 aromatic rings. The molecule has 0 bridgehead atoms. The molecule has 0 aliphatic rings. The van der Waals surface area contributed by atoms with Gasteiger partial charge >= 0.3 is 132 Å². The van der Waals surface area contributed by atoms with E-state index in [-0.39, 0.29) is 108 Å². The summed E-state index contributed by atoms with van der Waals surface area (Å²) in [4.78, 5) is 0. The van der Waals surface area contributed by atoms with Crippen molar-refractivity contribution in [3.8, 4) is 0 Å². The van der Waals surface area contributed by atoms with E-state index >= 15 is 0 Å². The van der Waals surface area contributed by atoms with Crippen molar-refractivity contribution in [2.24, 2.45) is 0 Å². The van der Waals surface area contributed by atoms with Gasteiger partial charge in [-0.1, -0.05) is 0 Å². The van der Waals surface area contributed by atoms with Gasteiger partial charge in [-0.05, 0) is 0 Å². The van der Waals surface area contributed by atoms with Gasteiger partial charge in [0, 0.05) is 0 Å². The SMILES string of the molecule is O.[K+].[K+].[O]=[Os-2](=[O])(=[O])=[O]. The number of hydrogen-bond acceptors (Lipinski definition) is 4. The van der Waals surface area contributed by atoms with Gasteiger partial charge in [0.15, 0.2) is 0 Å². The Morgan fingerprint density at radius 3 is 0.750 bits per heavy atom. The van der Waals surface area contributed by atoms with Gasteiger partial charge in [-0.2, -0.15) is 0 Å². The van der Waals surface area contributed by atoms with E-state index in [9.17, 15) is 0 Å². The molecule has 0 unspecified atom stereocenters. The maximum absolute atomic E-state index is 8.63. The zero-order valence-electron chi connectivity index (χ0n) is 4.49. The average Bonchev–Trinajstić information content (AvgIpc) is 0.722. The van der Waals surface area contributed by atoms with Crippen LogP contribution in [0.3, 0.4) is 0 Å². The van der Waals surface area contributed by atoms with Gasteiger partial charge in [0.2, 0.25) is 0 Å². The van der Waals surface area contributed by atoms with Gasteiger partial charge in [-0.25, -0.2) is 0 Å². The molecule has 0 aliphatic heterocycles. The van der Waals surface area contributed by atoms with Crippen LogP contribution in [0.4, 0.5) is 0 Å². The summed E-state index contributed by atoms with van der Waals surface area (Å²) >= 11 is -6.06. The fourth-order valence-electron chi connectivity index (χ4n) is 0. The molecular formula is H2K2O5Os. The molecule has 5 nitrogen and oxygen atoms in total. The molecule has 0 aromatic carbocycles. The summed E-state index contributed by atoms with van der Waals surface area (Å²) in [6.07, 6.45) is 0. The van der Waals surface area contributed by atoms with Crippen LogP contribution in [0.2, 0.25) is 0 Å². The predicted octanol–water partition coefficient (Wildman–Crippen LogP) is -7.29. The van der Waals surface area contributed by atoms with Crippen molar-refractivity contribution in [2.45, 2.75) is 0 Å². The van der Waals surface area contributed by atoms with Crippen molar-refractivity contribution < 1.29 is 137 Å². The summed E-state index contributed by atoms with van der Waals surface area (Å²) in [7, 11) is 0. The minimum atomic E-state index is -6.06. The molecule has 0 radical (unpaired) electrons. The molecule has 42 valence electrons. The van der Waals surface area contributed by atoms with E-state index in [1.54, 1.807) is 0 Å². The second kappa shape index (κ2) is 10.1. The van der Waals surface area contributed by atoms with Crippen molar-refractivity contribution in [1.82, 2.24) is 0 Å². The van der Waals surface area contributed by atoms with Gasteiger partial charge in [-0.15, -0.1) is 0 Å². The van der Waals surface area contributed by atoms with Crippen molar-refractivity contribution in [3.63, 3.8) is 0 Å². The summed E-state index contributed by atoms with van der Waals surface area (Å²) in [5, 5.41) is 0. The van der Waals surface area contributed by atoms with Gasteiger partial charge in [0.1, 0.15) is 0 Å². The van der Waals surface area contributed by atoms with Crippen LogP contribution in [-0.2, 0) is 29.0 Å². The Kier molecular flexibility index (Phi) is 28.3. The Balaban J connectivity index is -0.0000000267. The molecule has 2 N–H and O–H groups in total. The minimum absolute atomic E-state index is 0. The van der Waals surface area contributed by atoms with Crippen molar-refractivity contribution >= 4 is 0 Å². The van der Waals surface area contributed by atoms with Gasteiger partial charge in [0.05, 0.1) is 0 Å². The normalized spacial score (nSPS) is 9.00. The summed E-state index contributed by atoms with van der Waals surface area (Å²) in [6.45, 7) is 0. The van der Waals surface area contributed by atoms with Crippen molar-refractivity contribution in [2.75, 3.05) is 0 Å². The van der Waals surface area contributed by atoms with Gasteiger partial charge in [0.25, 0.3) is 0 Å². The zero-order chi connectivity index (χ0) is 4.50. The third-order valence-corrected chi connectivity index (χ3v) is 0. The third kappa shape index (κ3) is 62.7. The van der Waals surface area contributed by atoms with Crippen LogP contribution in [0.1, 0.15) is 0 Å². The first-order valence-corrected chi connectivity index (χ1v) is 4.73. The molecule has 0 saturated heterocycles. The predicted molar refractivity (Wildman–Crippen MR) is 6.36 cm³/mol. The van der Waals surface area contributed by atoms with Crippen LogP contribution in [0.5, 0.6) is 0 Å². The zero-order valence-corrected chi connectivity index (χ0v) is 13.3. The maximum atomic E-state index is 8.63. The number of rotatable bonds is 0. The topological polar surface area (TPSA) is 99.8 Å². The molecule has 8 heavy (non-hydrogen) atoms. The third-order valence-electron chi connectivity index (χ3n) is 0. The van der Waals surface area contributed by atoms with Crippen LogP contribution in [0, 0.1) is 0 Å². The van der Waals surface area contributed by atoms with E-state index < -0.39 is 14.8 Å². The standard InChI is InChI=1S/2K.H2O.4O.Os/h;;1H2;;;;;/q2*+1;;;;;;-2. The molecule has 8 heteroatoms. The van der Waals surface area contributed by atoms with E-state index in [0.717, 1.165) is 0 Å². The molecular weight excluding hydrogens is 348 g/mol. The molecule has 0 saturated carbocycles. The fraction of sp³-hybridized carbons (Fsp3) is 0. The molecule has 0 rings (SSSR count). The first-order chi connectivity index (χ1) is 2.00. The Morgan fingerprint density at radius 1 is 0.750 bits per heavy atom. The molecule has 0 fully saturated rings. The van der Waals surface area contributed by atoms with E-state index in [4.69, 9.17) is 14.2 Å². The summed E-state index contributed by atoms with van der Waals surface area (Å²) < 4.78 is 34.5. The Morgan fingerprint density at radius 2 is 0.750 bits per heavy atom. The van der Waals surface area contributed by atoms with Crippen LogP contribution in [0.15, 0.2) is 0 Å². The second-order valence-electron chi connectivity index (χ2n) is 0.354. The van der Waals surface area contributed by atoms with E-state index in [0.29, 0.717) is 0 Å². The van der Waals surface area contributed by atoms with E-state index in [1.165, 1.54) is 0 Å². The van der Waals surface area contributed by atoms with Gasteiger partial charge in [-0.3, -0.25) is 0 Å². The van der Waals surface area contributed by atoms with Crippen LogP contribution >= 0.6 is 0 Å². The Bertz CT molecular complexity index is 162. The summed E-state index contributed by atoms with van der Waals surface area (Å²) in [6, 6.07) is 0. The van der Waals surface area contributed by atoms with Crippen LogP contribution < -0.4 is 103 Å². The van der Waals surface area contributed by atoms with Crippen LogP contribution in [-0.4, -0.2) is 5.48 Å². The average molecular weight is 350 g/mol. The Hall–Kier alpha value is 3.07. The van der Waals surface area contributed by atoms with Crippen molar-refractivity contribution in [3.05, 3.63) is 0 Å². The molecule has 0 amide bonds. The van der Waals surface area contributed by atoms with E-state index in [1.807, 2.05) is 0 Å². The second-order valence-corrected chi connectivity index (χ2v) is 2.89. The summed E-state index contributed by atoms with van der Waals surface area (Å²) in [5.41, 5.74) is 0. The molecule has 0 aliphatic carbocycles. The van der Waals surface area contributed by atoms with Gasteiger partial charge < -0.3 is 5.48 Å². The monoisotopic (exact) mass is 352 g/mol. The first-order valence-electron chi connectivity index (χ1n) is 0.577. The molecule has 0 spiro atoms. The molecule has 0 atom stereocenters. The quantitative estimate of drug-likeness (QED) is 0.405. The fourth-order valence-corrected chi connectivity index (χ4v) is 0. The van der Waals surface area contributed by atoms with Crippen molar-refractivity contribution in [1.29, 1.82) is 0 Å². The van der Waals surface area contributed by atoms with Crippen LogP contribution in [0.25, 0.3) is 0 Å². The molecule has 0 heterocycles. The summed E-state index contributed by atoms with van der Waals surface area (Å²) in [5.74, 6) is 0. The first kappa shape index (κ1) is 22.5. The Labute approximate surface area is 133 Å². The molecule has 0 aromatic heterocycles.